The van der Waals surface area contributed by atoms with Crippen molar-refractivity contribution in [2.45, 2.75) is 31.1 Å². The number of benzene rings is 2. The number of carbonyl (C=O) groups is 2. The molecule has 0 fully saturated rings. The summed E-state index contributed by atoms with van der Waals surface area (Å²) < 4.78 is 5.13. The maximum Gasteiger partial charge on any atom is 0.338 e. The maximum atomic E-state index is 12.1. The summed E-state index contributed by atoms with van der Waals surface area (Å²) in [5.41, 5.74) is 4.42. The van der Waals surface area contributed by atoms with Crippen molar-refractivity contribution >= 4 is 29.3 Å². The summed E-state index contributed by atoms with van der Waals surface area (Å²) in [6, 6.07) is 10.9. The lowest BCUT2D eigenvalue weighted by atomic mass is 10.1. The molecule has 0 atom stereocenters. The molecule has 0 aliphatic heterocycles. The van der Waals surface area contributed by atoms with E-state index in [9.17, 15) is 9.59 Å². The average molecular weight is 366 g/mol. The topological polar surface area (TPSA) is 79.2 Å². The Morgan fingerprint density at radius 3 is 2.77 bits per heavy atom. The number of thiocyanates is 1. The van der Waals surface area contributed by atoms with Crippen LogP contribution in [0.15, 0.2) is 41.3 Å². The number of hydrogen-bond donors (Lipinski definition) is 1. The second kappa shape index (κ2) is 8.07. The summed E-state index contributed by atoms with van der Waals surface area (Å²) in [5.74, 6) is -0.893. The average Bonchev–Trinajstić information content (AvgIpc) is 3.10. The summed E-state index contributed by atoms with van der Waals surface area (Å²) >= 11 is 1.06. The van der Waals surface area contributed by atoms with E-state index in [-0.39, 0.29) is 6.61 Å². The van der Waals surface area contributed by atoms with Gasteiger partial charge in [0.25, 0.3) is 5.91 Å². The highest BCUT2D eigenvalue weighted by atomic mass is 32.2. The highest BCUT2D eigenvalue weighted by Crippen LogP contribution is 2.24. The van der Waals surface area contributed by atoms with Crippen LogP contribution in [-0.2, 0) is 22.4 Å². The van der Waals surface area contributed by atoms with E-state index >= 15 is 0 Å². The first-order valence-electron chi connectivity index (χ1n) is 8.32. The smallest absolute Gasteiger partial charge is 0.338 e. The van der Waals surface area contributed by atoms with Crippen LogP contribution in [0, 0.1) is 17.6 Å². The summed E-state index contributed by atoms with van der Waals surface area (Å²) in [6.45, 7) is 1.50. The van der Waals surface area contributed by atoms with Crippen molar-refractivity contribution in [3.8, 4) is 5.40 Å². The lowest BCUT2D eigenvalue weighted by molar-refractivity contribution is -0.119. The Balaban J connectivity index is 1.55. The molecule has 1 aliphatic carbocycles. The number of nitrogens with zero attached hydrogens (tertiary/aromatic N) is 1. The monoisotopic (exact) mass is 366 g/mol. The van der Waals surface area contributed by atoms with Gasteiger partial charge in [0, 0.05) is 10.6 Å². The Bertz CT molecular complexity index is 902. The van der Waals surface area contributed by atoms with E-state index in [2.05, 4.69) is 5.32 Å². The highest BCUT2D eigenvalue weighted by Gasteiger charge is 2.16. The summed E-state index contributed by atoms with van der Waals surface area (Å²) in [4.78, 5) is 25.0. The number of anilines is 1. The van der Waals surface area contributed by atoms with Crippen molar-refractivity contribution in [2.24, 2.45) is 0 Å². The molecule has 3 rings (SSSR count). The van der Waals surface area contributed by atoms with Crippen molar-refractivity contribution in [2.75, 3.05) is 11.9 Å². The quantitative estimate of drug-likeness (QED) is 0.494. The SMILES string of the molecule is Cc1cc(SC#N)ccc1NC(=O)COC(=O)c1ccc2c(c1)CCC2. The Morgan fingerprint density at radius 1 is 1.19 bits per heavy atom. The highest BCUT2D eigenvalue weighted by molar-refractivity contribution is 8.03. The van der Waals surface area contributed by atoms with Gasteiger partial charge in [0.1, 0.15) is 5.40 Å². The molecule has 0 aromatic heterocycles. The fourth-order valence-corrected chi connectivity index (χ4v) is 3.47. The zero-order valence-corrected chi connectivity index (χ0v) is 15.2. The lowest BCUT2D eigenvalue weighted by Gasteiger charge is -2.10. The lowest BCUT2D eigenvalue weighted by Crippen LogP contribution is -2.21. The van der Waals surface area contributed by atoms with Gasteiger partial charge in [-0.2, -0.15) is 5.26 Å². The molecule has 1 amide bonds. The number of nitriles is 1. The number of amides is 1. The van der Waals surface area contributed by atoms with Crippen molar-refractivity contribution in [1.82, 2.24) is 0 Å². The summed E-state index contributed by atoms with van der Waals surface area (Å²) in [6.07, 6.45) is 3.15. The number of aryl methyl sites for hydroxylation is 3. The molecular formula is C20H18N2O3S. The van der Waals surface area contributed by atoms with E-state index in [1.165, 1.54) is 11.1 Å². The number of nitrogens with one attached hydrogen (secondary N) is 1. The molecule has 0 radical (unpaired) electrons. The van der Waals surface area contributed by atoms with Crippen molar-refractivity contribution in [3.63, 3.8) is 0 Å². The van der Waals surface area contributed by atoms with E-state index in [0.29, 0.717) is 11.3 Å². The fraction of sp³-hybridized carbons (Fsp3) is 0.250. The van der Waals surface area contributed by atoms with E-state index in [1.54, 1.807) is 18.2 Å². The van der Waals surface area contributed by atoms with E-state index in [1.807, 2.05) is 30.5 Å². The third-order valence-electron chi connectivity index (χ3n) is 4.30. The minimum Gasteiger partial charge on any atom is -0.452 e. The Labute approximate surface area is 156 Å². The van der Waals surface area contributed by atoms with E-state index in [0.717, 1.165) is 41.5 Å². The minimum absolute atomic E-state index is 0.343. The Hall–Kier alpha value is -2.78. The number of hydrogen-bond acceptors (Lipinski definition) is 5. The Kier molecular flexibility index (Phi) is 5.59. The van der Waals surface area contributed by atoms with E-state index < -0.39 is 11.9 Å². The van der Waals surface area contributed by atoms with Gasteiger partial charge >= 0.3 is 5.97 Å². The van der Waals surface area contributed by atoms with Crippen LogP contribution >= 0.6 is 11.8 Å². The van der Waals surface area contributed by atoms with Gasteiger partial charge in [0.2, 0.25) is 0 Å². The van der Waals surface area contributed by atoms with Gasteiger partial charge in [-0.1, -0.05) is 6.07 Å². The molecule has 0 saturated heterocycles. The number of fused-ring (bicyclic) bond motifs is 1. The largest absolute Gasteiger partial charge is 0.452 e. The molecule has 6 heteroatoms. The predicted molar refractivity (Wildman–Crippen MR) is 100 cm³/mol. The molecule has 0 bridgehead atoms. The molecular weight excluding hydrogens is 348 g/mol. The number of ether oxygens (including phenoxy) is 1. The fourth-order valence-electron chi connectivity index (χ4n) is 2.99. The molecule has 26 heavy (non-hydrogen) atoms. The molecule has 1 aliphatic rings. The Morgan fingerprint density at radius 2 is 2.00 bits per heavy atom. The second-order valence-electron chi connectivity index (χ2n) is 6.13. The number of esters is 1. The van der Waals surface area contributed by atoms with Gasteiger partial charge < -0.3 is 10.1 Å². The van der Waals surface area contributed by atoms with Crippen LogP contribution < -0.4 is 5.32 Å². The number of carbonyl (C=O) groups excluding carboxylic acids is 2. The van der Waals surface area contributed by atoms with Crippen LogP contribution in [0.3, 0.4) is 0 Å². The van der Waals surface area contributed by atoms with Gasteiger partial charge in [-0.3, -0.25) is 4.79 Å². The van der Waals surface area contributed by atoms with Crippen molar-refractivity contribution < 1.29 is 14.3 Å². The molecule has 5 nitrogen and oxygen atoms in total. The van der Waals surface area contributed by atoms with Gasteiger partial charge in [-0.15, -0.1) is 0 Å². The van der Waals surface area contributed by atoms with Gasteiger partial charge in [-0.25, -0.2) is 4.79 Å². The van der Waals surface area contributed by atoms with Crippen LogP contribution in [0.2, 0.25) is 0 Å². The van der Waals surface area contributed by atoms with Crippen LogP contribution in [-0.4, -0.2) is 18.5 Å². The third kappa shape index (κ3) is 4.24. The first kappa shape index (κ1) is 18.0. The van der Waals surface area contributed by atoms with Crippen molar-refractivity contribution in [1.29, 1.82) is 5.26 Å². The van der Waals surface area contributed by atoms with Gasteiger partial charge in [-0.05, 0) is 85.0 Å². The van der Waals surface area contributed by atoms with Gasteiger partial charge in [0.05, 0.1) is 5.56 Å². The molecule has 132 valence electrons. The third-order valence-corrected chi connectivity index (χ3v) is 4.88. The molecule has 0 spiro atoms. The number of rotatable bonds is 5. The molecule has 2 aromatic rings. The van der Waals surface area contributed by atoms with Gasteiger partial charge in [0.15, 0.2) is 6.61 Å². The van der Waals surface area contributed by atoms with Crippen molar-refractivity contribution in [3.05, 3.63) is 58.7 Å². The predicted octanol–water partition coefficient (Wildman–Crippen LogP) is 3.85. The molecule has 0 heterocycles. The first-order valence-corrected chi connectivity index (χ1v) is 9.14. The van der Waals surface area contributed by atoms with Crippen LogP contribution in [0.1, 0.15) is 33.5 Å². The maximum absolute atomic E-state index is 12.1. The second-order valence-corrected chi connectivity index (χ2v) is 6.99. The number of thioether (sulfide) groups is 1. The zero-order chi connectivity index (χ0) is 18.5. The molecule has 1 N–H and O–H groups in total. The van der Waals surface area contributed by atoms with Crippen LogP contribution in [0.4, 0.5) is 5.69 Å². The standard InChI is InChI=1S/C20H18N2O3S/c1-13-9-17(26-12-21)7-8-18(13)22-19(23)11-25-20(24)16-6-5-14-3-2-4-15(14)10-16/h5-10H,2-4,11H2,1H3,(H,22,23). The molecule has 2 aromatic carbocycles. The first-order chi connectivity index (χ1) is 12.6. The van der Waals surface area contributed by atoms with Crippen LogP contribution in [0.25, 0.3) is 0 Å². The molecule has 0 saturated carbocycles. The minimum atomic E-state index is -0.493. The molecule has 0 unspecified atom stereocenters. The zero-order valence-electron chi connectivity index (χ0n) is 14.4. The summed E-state index contributed by atoms with van der Waals surface area (Å²) in [5, 5.41) is 13.4. The normalized spacial score (nSPS) is 12.2. The summed E-state index contributed by atoms with van der Waals surface area (Å²) in [7, 11) is 0. The van der Waals surface area contributed by atoms with Crippen LogP contribution in [0.5, 0.6) is 0 Å². The van der Waals surface area contributed by atoms with E-state index in [4.69, 9.17) is 10.00 Å².